The smallest absolute Gasteiger partial charge is 0.264 e. The maximum absolute atomic E-state index is 14.0. The predicted molar refractivity (Wildman–Crippen MR) is 159 cm³/mol. The molecule has 0 heterocycles. The van der Waals surface area contributed by atoms with Crippen LogP contribution in [-0.4, -0.2) is 44.3 Å². The van der Waals surface area contributed by atoms with E-state index in [-0.39, 0.29) is 17.3 Å². The van der Waals surface area contributed by atoms with Crippen LogP contribution in [0.25, 0.3) is 0 Å². The molecular formula is C30H36BrN3O4S. The van der Waals surface area contributed by atoms with Crippen molar-refractivity contribution in [2.75, 3.05) is 17.4 Å². The fourth-order valence-electron chi connectivity index (χ4n) is 4.20. The summed E-state index contributed by atoms with van der Waals surface area (Å²) in [6, 6.07) is 21.8. The number of sulfonamides is 1. The average Bonchev–Trinajstić information content (AvgIpc) is 2.93. The second kappa shape index (κ2) is 14.3. The van der Waals surface area contributed by atoms with Gasteiger partial charge in [-0.15, -0.1) is 0 Å². The SMILES string of the molecule is CCCCNC(=O)C(CC)N(Cc1ccc(C)cc1)C(=O)CN(c1cccc(Br)c1)S(=O)(=O)c1ccccc1. The van der Waals surface area contributed by atoms with E-state index in [1.165, 1.54) is 17.0 Å². The summed E-state index contributed by atoms with van der Waals surface area (Å²) in [5, 5.41) is 2.94. The second-order valence-corrected chi connectivity index (χ2v) is 12.2. The number of hydrogen-bond acceptors (Lipinski definition) is 4. The fourth-order valence-corrected chi connectivity index (χ4v) is 6.01. The van der Waals surface area contributed by atoms with Crippen LogP contribution >= 0.6 is 15.9 Å². The molecule has 0 saturated carbocycles. The Bertz CT molecular complexity index is 1350. The Labute approximate surface area is 240 Å². The van der Waals surface area contributed by atoms with Gasteiger partial charge in [0.15, 0.2) is 0 Å². The van der Waals surface area contributed by atoms with E-state index in [4.69, 9.17) is 0 Å². The lowest BCUT2D eigenvalue weighted by atomic mass is 10.1. The van der Waals surface area contributed by atoms with Crippen molar-refractivity contribution < 1.29 is 18.0 Å². The molecule has 1 atom stereocenters. The number of benzene rings is 3. The number of unbranched alkanes of at least 4 members (excludes halogenated alkanes) is 1. The summed E-state index contributed by atoms with van der Waals surface area (Å²) in [4.78, 5) is 28.8. The zero-order valence-corrected chi connectivity index (χ0v) is 25.0. The highest BCUT2D eigenvalue weighted by Gasteiger charge is 2.33. The average molecular weight is 615 g/mol. The molecule has 7 nitrogen and oxygen atoms in total. The summed E-state index contributed by atoms with van der Waals surface area (Å²) in [5.41, 5.74) is 2.28. The first-order chi connectivity index (χ1) is 18.7. The van der Waals surface area contributed by atoms with Crippen LogP contribution in [0.5, 0.6) is 0 Å². The maximum atomic E-state index is 14.0. The van der Waals surface area contributed by atoms with Crippen LogP contribution in [0.15, 0.2) is 88.2 Å². The Morgan fingerprint density at radius 1 is 0.949 bits per heavy atom. The number of anilines is 1. The standard InChI is InChI=1S/C30H36BrN3O4S/c1-4-6-19-32-30(36)28(5-2)33(21-24-17-15-23(3)16-18-24)29(35)22-34(26-12-10-11-25(31)20-26)39(37,38)27-13-8-7-9-14-27/h7-18,20,28H,4-6,19,21-22H2,1-3H3,(H,32,36). The van der Waals surface area contributed by atoms with Crippen LogP contribution in [0.3, 0.4) is 0 Å². The van der Waals surface area contributed by atoms with Gasteiger partial charge in [-0.25, -0.2) is 8.42 Å². The third-order valence-corrected chi connectivity index (χ3v) is 8.68. The van der Waals surface area contributed by atoms with Gasteiger partial charge in [0.1, 0.15) is 12.6 Å². The van der Waals surface area contributed by atoms with E-state index in [9.17, 15) is 18.0 Å². The topological polar surface area (TPSA) is 86.8 Å². The second-order valence-electron chi connectivity index (χ2n) is 9.38. The number of rotatable bonds is 13. The summed E-state index contributed by atoms with van der Waals surface area (Å²) in [5.74, 6) is -0.709. The van der Waals surface area contributed by atoms with Crippen molar-refractivity contribution >= 4 is 43.5 Å². The number of nitrogens with one attached hydrogen (secondary N) is 1. The molecule has 208 valence electrons. The number of hydrogen-bond donors (Lipinski definition) is 1. The molecule has 3 aromatic rings. The van der Waals surface area contributed by atoms with Crippen LogP contribution in [0.2, 0.25) is 0 Å². The van der Waals surface area contributed by atoms with E-state index in [0.29, 0.717) is 23.1 Å². The van der Waals surface area contributed by atoms with Crippen molar-refractivity contribution in [3.8, 4) is 0 Å². The first-order valence-electron chi connectivity index (χ1n) is 13.1. The third-order valence-electron chi connectivity index (χ3n) is 6.40. The molecule has 0 saturated heterocycles. The first kappa shape index (κ1) is 30.4. The lowest BCUT2D eigenvalue weighted by Gasteiger charge is -2.33. The van der Waals surface area contributed by atoms with Crippen LogP contribution in [0.1, 0.15) is 44.2 Å². The Hall–Kier alpha value is -3.17. The lowest BCUT2D eigenvalue weighted by molar-refractivity contribution is -0.140. The van der Waals surface area contributed by atoms with Crippen molar-refractivity contribution in [1.82, 2.24) is 10.2 Å². The fraction of sp³-hybridized carbons (Fsp3) is 0.333. The zero-order valence-electron chi connectivity index (χ0n) is 22.6. The van der Waals surface area contributed by atoms with E-state index in [1.807, 2.05) is 45.0 Å². The number of carbonyl (C=O) groups excluding carboxylic acids is 2. The maximum Gasteiger partial charge on any atom is 0.264 e. The molecule has 0 aromatic heterocycles. The van der Waals surface area contributed by atoms with Crippen LogP contribution in [0.4, 0.5) is 5.69 Å². The lowest BCUT2D eigenvalue weighted by Crippen LogP contribution is -2.52. The van der Waals surface area contributed by atoms with Gasteiger partial charge in [0.2, 0.25) is 11.8 Å². The van der Waals surface area contributed by atoms with Crippen LogP contribution in [0, 0.1) is 6.92 Å². The van der Waals surface area contributed by atoms with Gasteiger partial charge in [0.05, 0.1) is 10.6 Å². The molecule has 39 heavy (non-hydrogen) atoms. The van der Waals surface area contributed by atoms with E-state index in [1.54, 1.807) is 42.5 Å². The summed E-state index contributed by atoms with van der Waals surface area (Å²) < 4.78 is 29.4. The molecule has 1 unspecified atom stereocenters. The number of aryl methyl sites for hydroxylation is 1. The monoisotopic (exact) mass is 613 g/mol. The minimum Gasteiger partial charge on any atom is -0.354 e. The van der Waals surface area contributed by atoms with E-state index in [2.05, 4.69) is 21.2 Å². The number of nitrogens with zero attached hydrogens (tertiary/aromatic N) is 2. The molecule has 9 heteroatoms. The van der Waals surface area contributed by atoms with E-state index in [0.717, 1.165) is 28.3 Å². The van der Waals surface area contributed by atoms with Gasteiger partial charge in [-0.05, 0) is 55.7 Å². The third kappa shape index (κ3) is 8.16. The number of amides is 2. The molecule has 0 radical (unpaired) electrons. The van der Waals surface area contributed by atoms with E-state index < -0.39 is 28.5 Å². The van der Waals surface area contributed by atoms with Gasteiger partial charge in [-0.2, -0.15) is 0 Å². The van der Waals surface area contributed by atoms with Crippen molar-refractivity contribution in [2.45, 2.75) is 57.5 Å². The molecule has 3 aromatic carbocycles. The first-order valence-corrected chi connectivity index (χ1v) is 15.4. The minimum absolute atomic E-state index is 0.0761. The molecule has 1 N–H and O–H groups in total. The summed E-state index contributed by atoms with van der Waals surface area (Å²) in [6.07, 6.45) is 2.15. The molecule has 0 bridgehead atoms. The van der Waals surface area contributed by atoms with Gasteiger partial charge in [-0.3, -0.25) is 13.9 Å². The Kier molecular flexibility index (Phi) is 11.1. The van der Waals surface area contributed by atoms with Crippen LogP contribution in [-0.2, 0) is 26.2 Å². The highest BCUT2D eigenvalue weighted by atomic mass is 79.9. The normalized spacial score (nSPS) is 12.0. The zero-order chi connectivity index (χ0) is 28.4. The number of carbonyl (C=O) groups is 2. The summed E-state index contributed by atoms with van der Waals surface area (Å²) >= 11 is 3.41. The quantitative estimate of drug-likeness (QED) is 0.251. The minimum atomic E-state index is -4.08. The number of halogens is 1. The highest BCUT2D eigenvalue weighted by molar-refractivity contribution is 9.10. The Balaban J connectivity index is 2.02. The van der Waals surface area contributed by atoms with Gasteiger partial charge in [0, 0.05) is 17.6 Å². The van der Waals surface area contributed by atoms with Crippen LogP contribution < -0.4 is 9.62 Å². The van der Waals surface area contributed by atoms with Gasteiger partial charge < -0.3 is 10.2 Å². The molecule has 0 aliphatic rings. The van der Waals surface area contributed by atoms with E-state index >= 15 is 0 Å². The molecule has 0 aliphatic heterocycles. The van der Waals surface area contributed by atoms with Gasteiger partial charge in [-0.1, -0.05) is 90.3 Å². The Morgan fingerprint density at radius 2 is 1.64 bits per heavy atom. The molecule has 0 spiro atoms. The van der Waals surface area contributed by atoms with Gasteiger partial charge in [0.25, 0.3) is 10.0 Å². The molecule has 3 rings (SSSR count). The van der Waals surface area contributed by atoms with Crippen molar-refractivity contribution in [3.63, 3.8) is 0 Å². The van der Waals surface area contributed by atoms with Crippen molar-refractivity contribution in [1.29, 1.82) is 0 Å². The van der Waals surface area contributed by atoms with Crippen molar-refractivity contribution in [3.05, 3.63) is 94.5 Å². The molecule has 0 fully saturated rings. The molecule has 2 amide bonds. The molecule has 0 aliphatic carbocycles. The predicted octanol–water partition coefficient (Wildman–Crippen LogP) is 5.68. The molecular weight excluding hydrogens is 578 g/mol. The van der Waals surface area contributed by atoms with Crippen molar-refractivity contribution in [2.24, 2.45) is 0 Å². The van der Waals surface area contributed by atoms with Gasteiger partial charge >= 0.3 is 0 Å². The summed E-state index contributed by atoms with van der Waals surface area (Å²) in [6.45, 7) is 6.11. The highest BCUT2D eigenvalue weighted by Crippen LogP contribution is 2.27. The largest absolute Gasteiger partial charge is 0.354 e. The Morgan fingerprint density at radius 3 is 2.26 bits per heavy atom. The summed E-state index contributed by atoms with van der Waals surface area (Å²) in [7, 11) is -4.08.